The summed E-state index contributed by atoms with van der Waals surface area (Å²) in [4.78, 5) is 26.2. The number of carbonyl (C=O) groups excluding carboxylic acids is 2. The molecule has 5 heteroatoms. The Morgan fingerprint density at radius 1 is 1.25 bits per heavy atom. The average molecular weight is 330 g/mol. The molecule has 0 spiro atoms. The maximum Gasteiger partial charge on any atom is 0.225 e. The molecule has 1 heterocycles. The largest absolute Gasteiger partial charge is 0.393 e. The van der Waals surface area contributed by atoms with Crippen LogP contribution < -0.4 is 5.32 Å². The van der Waals surface area contributed by atoms with Gasteiger partial charge >= 0.3 is 0 Å². The molecular weight excluding hydrogens is 304 g/mol. The van der Waals surface area contributed by atoms with Crippen LogP contribution in [-0.4, -0.2) is 47.6 Å². The molecule has 1 saturated carbocycles. The summed E-state index contributed by atoms with van der Waals surface area (Å²) in [7, 11) is 0. The standard InChI is InChI=1S/C19H26N2O3/c22-17-8-4-7-15(17)12-20-19(24)16-11-18(23)21(13-16)10-9-14-5-2-1-3-6-14/h1-3,5-6,15-17,22H,4,7-13H2,(H,20,24). The first kappa shape index (κ1) is 17.0. The predicted molar refractivity (Wildman–Crippen MR) is 91.2 cm³/mol. The smallest absolute Gasteiger partial charge is 0.225 e. The van der Waals surface area contributed by atoms with Crippen molar-refractivity contribution >= 4 is 11.8 Å². The summed E-state index contributed by atoms with van der Waals surface area (Å²) in [6.07, 6.45) is 3.64. The highest BCUT2D eigenvalue weighted by molar-refractivity contribution is 5.89. The Morgan fingerprint density at radius 3 is 2.75 bits per heavy atom. The van der Waals surface area contributed by atoms with Crippen molar-refractivity contribution in [3.05, 3.63) is 35.9 Å². The van der Waals surface area contributed by atoms with Gasteiger partial charge in [0.15, 0.2) is 0 Å². The molecule has 1 aliphatic carbocycles. The van der Waals surface area contributed by atoms with Gasteiger partial charge in [-0.15, -0.1) is 0 Å². The summed E-state index contributed by atoms with van der Waals surface area (Å²) < 4.78 is 0. The summed E-state index contributed by atoms with van der Waals surface area (Å²) in [5.74, 6) is -0.0799. The summed E-state index contributed by atoms with van der Waals surface area (Å²) in [5.41, 5.74) is 1.20. The second-order valence-electron chi connectivity index (χ2n) is 6.98. The second kappa shape index (κ2) is 7.79. The van der Waals surface area contributed by atoms with Gasteiger partial charge in [0.1, 0.15) is 0 Å². The fraction of sp³-hybridized carbons (Fsp3) is 0.579. The number of likely N-dealkylation sites (tertiary alicyclic amines) is 1. The van der Waals surface area contributed by atoms with Crippen LogP contribution in [0.15, 0.2) is 30.3 Å². The number of nitrogens with one attached hydrogen (secondary N) is 1. The van der Waals surface area contributed by atoms with Crippen molar-refractivity contribution in [3.8, 4) is 0 Å². The summed E-state index contributed by atoms with van der Waals surface area (Å²) >= 11 is 0. The quantitative estimate of drug-likeness (QED) is 0.827. The molecule has 24 heavy (non-hydrogen) atoms. The molecule has 130 valence electrons. The second-order valence-corrected chi connectivity index (χ2v) is 6.98. The summed E-state index contributed by atoms with van der Waals surface area (Å²) in [6, 6.07) is 10.1. The van der Waals surface area contributed by atoms with E-state index in [4.69, 9.17) is 0 Å². The van der Waals surface area contributed by atoms with Crippen LogP contribution in [-0.2, 0) is 16.0 Å². The van der Waals surface area contributed by atoms with Crippen LogP contribution in [0.25, 0.3) is 0 Å². The third-order valence-corrected chi connectivity index (χ3v) is 5.26. The van der Waals surface area contributed by atoms with E-state index in [1.807, 2.05) is 18.2 Å². The monoisotopic (exact) mass is 330 g/mol. The van der Waals surface area contributed by atoms with E-state index < -0.39 is 0 Å². The number of aliphatic hydroxyl groups excluding tert-OH is 1. The van der Waals surface area contributed by atoms with Gasteiger partial charge in [0.05, 0.1) is 12.0 Å². The molecule has 2 amide bonds. The minimum absolute atomic E-state index is 0.0512. The van der Waals surface area contributed by atoms with Crippen molar-refractivity contribution in [1.82, 2.24) is 10.2 Å². The number of carbonyl (C=O) groups is 2. The highest BCUT2D eigenvalue weighted by Gasteiger charge is 2.34. The van der Waals surface area contributed by atoms with Gasteiger partial charge in [-0.1, -0.05) is 36.8 Å². The van der Waals surface area contributed by atoms with E-state index in [1.54, 1.807) is 4.90 Å². The SMILES string of the molecule is O=C(NCC1CCCC1O)C1CC(=O)N(CCc2ccccc2)C1. The van der Waals surface area contributed by atoms with Crippen molar-refractivity contribution in [2.45, 2.75) is 38.2 Å². The molecule has 3 atom stereocenters. The topological polar surface area (TPSA) is 69.6 Å². The molecule has 0 bridgehead atoms. The molecule has 1 aliphatic heterocycles. The van der Waals surface area contributed by atoms with Crippen LogP contribution in [0.4, 0.5) is 0 Å². The molecule has 0 aromatic heterocycles. The van der Waals surface area contributed by atoms with E-state index in [1.165, 1.54) is 5.56 Å². The number of rotatable bonds is 6. The van der Waals surface area contributed by atoms with Crippen molar-refractivity contribution in [3.63, 3.8) is 0 Å². The minimum atomic E-state index is -0.294. The zero-order chi connectivity index (χ0) is 16.9. The lowest BCUT2D eigenvalue weighted by Crippen LogP contribution is -2.37. The van der Waals surface area contributed by atoms with E-state index >= 15 is 0 Å². The number of amides is 2. The van der Waals surface area contributed by atoms with Crippen LogP contribution >= 0.6 is 0 Å². The van der Waals surface area contributed by atoms with Crippen molar-refractivity contribution in [1.29, 1.82) is 0 Å². The Morgan fingerprint density at radius 2 is 2.04 bits per heavy atom. The van der Waals surface area contributed by atoms with Crippen LogP contribution in [0.5, 0.6) is 0 Å². The van der Waals surface area contributed by atoms with Crippen molar-refractivity contribution in [2.24, 2.45) is 11.8 Å². The molecule has 1 saturated heterocycles. The van der Waals surface area contributed by atoms with Crippen LogP contribution in [0, 0.1) is 11.8 Å². The van der Waals surface area contributed by atoms with Gasteiger partial charge in [0.25, 0.3) is 0 Å². The van der Waals surface area contributed by atoms with Crippen LogP contribution in [0.2, 0.25) is 0 Å². The molecule has 3 rings (SSSR count). The van der Waals surface area contributed by atoms with Gasteiger partial charge in [-0.25, -0.2) is 0 Å². The lowest BCUT2D eigenvalue weighted by molar-refractivity contribution is -0.129. The fourth-order valence-electron chi connectivity index (χ4n) is 3.70. The van der Waals surface area contributed by atoms with Gasteiger partial charge in [0.2, 0.25) is 11.8 Å². The third kappa shape index (κ3) is 4.15. The van der Waals surface area contributed by atoms with Crippen LogP contribution in [0.3, 0.4) is 0 Å². The van der Waals surface area contributed by atoms with Crippen molar-refractivity contribution < 1.29 is 14.7 Å². The lowest BCUT2D eigenvalue weighted by Gasteiger charge is -2.18. The Hall–Kier alpha value is -1.88. The number of aliphatic hydroxyl groups is 1. The first-order chi connectivity index (χ1) is 11.6. The zero-order valence-corrected chi connectivity index (χ0v) is 14.0. The fourth-order valence-corrected chi connectivity index (χ4v) is 3.70. The predicted octanol–water partition coefficient (Wildman–Crippen LogP) is 1.35. The molecule has 2 fully saturated rings. The minimum Gasteiger partial charge on any atom is -0.393 e. The van der Waals surface area contributed by atoms with E-state index in [9.17, 15) is 14.7 Å². The van der Waals surface area contributed by atoms with Gasteiger partial charge in [-0.2, -0.15) is 0 Å². The molecule has 2 aliphatic rings. The lowest BCUT2D eigenvalue weighted by atomic mass is 10.0. The normalized spacial score (nSPS) is 26.8. The van der Waals surface area contributed by atoms with E-state index in [2.05, 4.69) is 17.4 Å². The maximum absolute atomic E-state index is 12.3. The Kier molecular flexibility index (Phi) is 5.51. The number of hydrogen-bond acceptors (Lipinski definition) is 3. The highest BCUT2D eigenvalue weighted by atomic mass is 16.3. The van der Waals surface area contributed by atoms with Gasteiger partial charge in [-0.05, 0) is 24.8 Å². The van der Waals surface area contributed by atoms with E-state index in [-0.39, 0.29) is 29.8 Å². The van der Waals surface area contributed by atoms with Gasteiger partial charge in [0, 0.05) is 32.0 Å². The Labute approximate surface area is 143 Å². The Bertz CT molecular complexity index is 575. The Balaban J connectivity index is 1.44. The van der Waals surface area contributed by atoms with Crippen LogP contribution in [0.1, 0.15) is 31.2 Å². The third-order valence-electron chi connectivity index (χ3n) is 5.26. The van der Waals surface area contributed by atoms with Gasteiger partial charge in [-0.3, -0.25) is 9.59 Å². The summed E-state index contributed by atoms with van der Waals surface area (Å²) in [6.45, 7) is 1.69. The van der Waals surface area contributed by atoms with E-state index in [0.29, 0.717) is 26.1 Å². The molecule has 2 N–H and O–H groups in total. The number of hydrogen-bond donors (Lipinski definition) is 2. The summed E-state index contributed by atoms with van der Waals surface area (Å²) in [5, 5.41) is 12.7. The molecule has 5 nitrogen and oxygen atoms in total. The molecule has 0 radical (unpaired) electrons. The van der Waals surface area contributed by atoms with E-state index in [0.717, 1.165) is 25.7 Å². The number of nitrogens with zero attached hydrogens (tertiary/aromatic N) is 1. The molecule has 1 aromatic rings. The number of benzene rings is 1. The van der Waals surface area contributed by atoms with Gasteiger partial charge < -0.3 is 15.3 Å². The highest BCUT2D eigenvalue weighted by Crippen LogP contribution is 2.25. The maximum atomic E-state index is 12.3. The first-order valence-corrected chi connectivity index (χ1v) is 8.91. The van der Waals surface area contributed by atoms with Crippen molar-refractivity contribution in [2.75, 3.05) is 19.6 Å². The zero-order valence-electron chi connectivity index (χ0n) is 14.0. The molecular formula is C19H26N2O3. The molecule has 3 unspecified atom stereocenters. The molecule has 1 aromatic carbocycles. The average Bonchev–Trinajstić information content (AvgIpc) is 3.17. The first-order valence-electron chi connectivity index (χ1n) is 8.91.